The minimum absolute atomic E-state index is 0.0258. The molecule has 6 rings (SSSR count). The number of carbonyl (C=O) groups excluding carboxylic acids is 1. The summed E-state index contributed by atoms with van der Waals surface area (Å²) in [5.41, 5.74) is 2.05. The van der Waals surface area contributed by atoms with Crippen molar-refractivity contribution in [2.45, 2.75) is 50.4 Å². The van der Waals surface area contributed by atoms with Crippen molar-refractivity contribution in [2.75, 3.05) is 37.7 Å². The molecule has 2 unspecified atom stereocenters. The molecule has 43 heavy (non-hydrogen) atoms. The zero-order valence-corrected chi connectivity index (χ0v) is 23.3. The average Bonchev–Trinajstić information content (AvgIpc) is 3.64. The first-order valence-electron chi connectivity index (χ1n) is 14.2. The Bertz CT molecular complexity index is 1650. The molecule has 0 spiro atoms. The summed E-state index contributed by atoms with van der Waals surface area (Å²) in [6.07, 6.45) is 0.428. The van der Waals surface area contributed by atoms with Gasteiger partial charge >= 0.3 is 0 Å². The van der Waals surface area contributed by atoms with E-state index in [1.54, 1.807) is 12.3 Å². The molecule has 0 bridgehead atoms. The van der Waals surface area contributed by atoms with Crippen molar-refractivity contribution in [3.05, 3.63) is 71.4 Å². The number of anilines is 1. The molecule has 11 nitrogen and oxygen atoms in total. The molecule has 1 N–H and O–H groups in total. The molecule has 2 saturated heterocycles. The van der Waals surface area contributed by atoms with Gasteiger partial charge in [-0.15, -0.1) is 5.10 Å². The normalized spacial score (nSPS) is 20.2. The number of piperidine rings is 1. The second-order valence-electron chi connectivity index (χ2n) is 10.9. The van der Waals surface area contributed by atoms with Crippen LogP contribution in [0, 0.1) is 5.95 Å². The summed E-state index contributed by atoms with van der Waals surface area (Å²) in [5, 5.41) is 14.2. The fourth-order valence-corrected chi connectivity index (χ4v) is 5.91. The lowest BCUT2D eigenvalue weighted by Crippen LogP contribution is -2.51. The summed E-state index contributed by atoms with van der Waals surface area (Å²) in [4.78, 5) is 35.0. The summed E-state index contributed by atoms with van der Waals surface area (Å²) in [7, 11) is 0. The van der Waals surface area contributed by atoms with Crippen molar-refractivity contribution in [3.63, 3.8) is 0 Å². The summed E-state index contributed by atoms with van der Waals surface area (Å²) < 4.78 is 50.5. The van der Waals surface area contributed by atoms with Gasteiger partial charge in [-0.25, -0.2) is 13.8 Å². The number of benzene rings is 1. The SMILES string of the molecule is O=C(CC(C(F)F)n1ccc(F)n1)N1CCC(O)C[C@H]1Cn1cnc2c(ccn2-c2cccc(N3CCOCC3)c2)c1=O. The number of morpholine rings is 1. The highest BCUT2D eigenvalue weighted by atomic mass is 19.3. The number of aliphatic hydroxyl groups excluding tert-OH is 1. The van der Waals surface area contributed by atoms with Crippen LogP contribution in [0.3, 0.4) is 0 Å². The van der Waals surface area contributed by atoms with Crippen LogP contribution >= 0.6 is 0 Å². The first-order valence-corrected chi connectivity index (χ1v) is 14.2. The van der Waals surface area contributed by atoms with Crippen LogP contribution in [0.1, 0.15) is 25.3 Å². The van der Waals surface area contributed by atoms with Gasteiger partial charge in [0.25, 0.3) is 12.0 Å². The lowest BCUT2D eigenvalue weighted by atomic mass is 9.98. The average molecular weight is 600 g/mol. The molecule has 14 heteroatoms. The molecular weight excluding hydrogens is 567 g/mol. The zero-order chi connectivity index (χ0) is 30.1. The Morgan fingerprint density at radius 3 is 2.63 bits per heavy atom. The van der Waals surface area contributed by atoms with Crippen LogP contribution < -0.4 is 10.5 Å². The Hall–Kier alpha value is -4.17. The highest BCUT2D eigenvalue weighted by molar-refractivity contribution is 5.78. The molecule has 1 aromatic carbocycles. The van der Waals surface area contributed by atoms with Gasteiger partial charge in [0, 0.05) is 56.0 Å². The largest absolute Gasteiger partial charge is 0.393 e. The number of aromatic nitrogens is 5. The number of hydrogen-bond donors (Lipinski definition) is 1. The smallest absolute Gasteiger partial charge is 0.262 e. The summed E-state index contributed by atoms with van der Waals surface area (Å²) in [6, 6.07) is 8.32. The van der Waals surface area contributed by atoms with Crippen molar-refractivity contribution in [1.29, 1.82) is 0 Å². The Kier molecular flexibility index (Phi) is 8.21. The number of halogens is 3. The van der Waals surface area contributed by atoms with Gasteiger partial charge in [0.1, 0.15) is 6.04 Å². The zero-order valence-electron chi connectivity index (χ0n) is 23.3. The van der Waals surface area contributed by atoms with E-state index in [-0.39, 0.29) is 31.5 Å². The second kappa shape index (κ2) is 12.2. The van der Waals surface area contributed by atoms with Crippen LogP contribution in [0.2, 0.25) is 0 Å². The third-order valence-electron chi connectivity index (χ3n) is 8.16. The minimum atomic E-state index is -2.95. The third kappa shape index (κ3) is 6.02. The molecule has 3 atom stereocenters. The first kappa shape index (κ1) is 28.9. The number of rotatable bonds is 8. The van der Waals surface area contributed by atoms with E-state index in [0.717, 1.165) is 41.4 Å². The Morgan fingerprint density at radius 2 is 1.88 bits per heavy atom. The minimum Gasteiger partial charge on any atom is -0.393 e. The van der Waals surface area contributed by atoms with Crippen LogP contribution in [0.5, 0.6) is 0 Å². The van der Waals surface area contributed by atoms with Crippen LogP contribution in [0.25, 0.3) is 16.7 Å². The fourth-order valence-electron chi connectivity index (χ4n) is 5.91. The van der Waals surface area contributed by atoms with Gasteiger partial charge in [0.05, 0.1) is 43.5 Å². The third-order valence-corrected chi connectivity index (χ3v) is 8.16. The Balaban J connectivity index is 1.23. The van der Waals surface area contributed by atoms with Gasteiger partial charge in [0.15, 0.2) is 5.65 Å². The number of amides is 1. The quantitative estimate of drug-likeness (QED) is 0.332. The molecule has 2 aliphatic rings. The highest BCUT2D eigenvalue weighted by Crippen LogP contribution is 2.26. The van der Waals surface area contributed by atoms with E-state index in [1.165, 1.54) is 15.8 Å². The van der Waals surface area contributed by atoms with E-state index in [4.69, 9.17) is 4.74 Å². The molecule has 228 valence electrons. The molecule has 1 amide bonds. The van der Waals surface area contributed by atoms with Crippen LogP contribution in [0.4, 0.5) is 18.9 Å². The van der Waals surface area contributed by atoms with E-state index < -0.39 is 42.9 Å². The van der Waals surface area contributed by atoms with E-state index in [1.807, 2.05) is 28.8 Å². The molecule has 0 saturated carbocycles. The second-order valence-corrected chi connectivity index (χ2v) is 10.9. The Morgan fingerprint density at radius 1 is 1.09 bits per heavy atom. The van der Waals surface area contributed by atoms with Gasteiger partial charge in [-0.1, -0.05) is 6.07 Å². The predicted molar refractivity (Wildman–Crippen MR) is 151 cm³/mol. The summed E-state index contributed by atoms with van der Waals surface area (Å²) in [6.45, 7) is 3.07. The van der Waals surface area contributed by atoms with E-state index in [9.17, 15) is 27.9 Å². The van der Waals surface area contributed by atoms with E-state index >= 15 is 0 Å². The molecule has 0 radical (unpaired) electrons. The molecule has 2 aliphatic heterocycles. The number of aliphatic hydroxyl groups is 1. The topological polar surface area (TPSA) is 111 Å². The molecular formula is C29H32F3N7O4. The van der Waals surface area contributed by atoms with Crippen LogP contribution in [-0.4, -0.2) is 91.2 Å². The van der Waals surface area contributed by atoms with Crippen LogP contribution in [0.15, 0.2) is 59.9 Å². The summed E-state index contributed by atoms with van der Waals surface area (Å²) >= 11 is 0. The van der Waals surface area contributed by atoms with E-state index in [2.05, 4.69) is 15.0 Å². The number of nitrogens with zero attached hydrogens (tertiary/aromatic N) is 7. The maximum Gasteiger partial charge on any atom is 0.262 e. The number of likely N-dealkylation sites (tertiary alicyclic amines) is 1. The highest BCUT2D eigenvalue weighted by Gasteiger charge is 2.35. The van der Waals surface area contributed by atoms with Gasteiger partial charge in [-0.2, -0.15) is 4.39 Å². The lowest BCUT2D eigenvalue weighted by molar-refractivity contribution is -0.139. The predicted octanol–water partition coefficient (Wildman–Crippen LogP) is 2.61. The van der Waals surface area contributed by atoms with Crippen molar-refractivity contribution in [2.24, 2.45) is 0 Å². The van der Waals surface area contributed by atoms with Crippen LogP contribution in [-0.2, 0) is 16.1 Å². The maximum absolute atomic E-state index is 13.8. The number of carbonyl (C=O) groups is 1. The van der Waals surface area contributed by atoms with Crippen molar-refractivity contribution >= 4 is 22.6 Å². The number of ether oxygens (including phenoxy) is 1. The summed E-state index contributed by atoms with van der Waals surface area (Å²) in [5.74, 6) is -1.51. The molecule has 3 aromatic heterocycles. The fraction of sp³-hybridized carbons (Fsp3) is 0.448. The first-order chi connectivity index (χ1) is 20.8. The van der Waals surface area contributed by atoms with Gasteiger partial charge in [-0.05, 0) is 37.1 Å². The molecule has 4 aromatic rings. The van der Waals surface area contributed by atoms with Crippen molar-refractivity contribution in [3.8, 4) is 5.69 Å². The monoisotopic (exact) mass is 599 g/mol. The number of fused-ring (bicyclic) bond motifs is 1. The Labute approximate surface area is 244 Å². The lowest BCUT2D eigenvalue weighted by Gasteiger charge is -2.38. The van der Waals surface area contributed by atoms with Gasteiger partial charge in [-0.3, -0.25) is 18.8 Å². The van der Waals surface area contributed by atoms with Crippen molar-refractivity contribution in [1.82, 2.24) is 28.8 Å². The maximum atomic E-state index is 13.8. The van der Waals surface area contributed by atoms with E-state index in [0.29, 0.717) is 24.2 Å². The molecule has 2 fully saturated rings. The molecule has 5 heterocycles. The van der Waals surface area contributed by atoms with Crippen molar-refractivity contribution < 1.29 is 27.8 Å². The van der Waals surface area contributed by atoms with Gasteiger partial charge in [0.2, 0.25) is 11.9 Å². The standard InChI is InChI=1S/C29H32F3N7O4/c30-25-6-9-39(34-25)24(27(31)32)16-26(41)37-7-4-22(40)15-21(37)17-36-18-33-28-23(29(36)42)5-8-38(28)20-3-1-2-19(14-20)35-10-12-43-13-11-35/h1-3,5-6,8-9,14,18,21-22,24,27,40H,4,7,10-13,15-17H2/t21-,22?,24?/m0/s1. The number of hydrogen-bond acceptors (Lipinski definition) is 7. The van der Waals surface area contributed by atoms with Gasteiger partial charge < -0.3 is 24.2 Å². The molecule has 0 aliphatic carbocycles. The number of alkyl halides is 2.